The third kappa shape index (κ3) is 3.27. The number of carbonyl (C=O) groups excluding carboxylic acids is 1. The molecule has 2 aliphatic heterocycles. The lowest BCUT2D eigenvalue weighted by atomic mass is 9.97. The first-order chi connectivity index (χ1) is 10.3. The van der Waals surface area contributed by atoms with Gasteiger partial charge in [0, 0.05) is 12.2 Å². The van der Waals surface area contributed by atoms with E-state index < -0.39 is 0 Å². The molecule has 4 heteroatoms. The smallest absolute Gasteiger partial charge is 0.241 e. The molecule has 1 aromatic rings. The standard InChI is InChI=1S/C17H25N3O/c1-18-12-14-6-9-19(10-7-14)13-17(21)20-11-8-15-4-2-3-5-16(15)20/h2-5,14,18H,6-13H2,1H3. The van der Waals surface area contributed by atoms with Crippen LogP contribution in [0.3, 0.4) is 0 Å². The van der Waals surface area contributed by atoms with Crippen LogP contribution in [0.15, 0.2) is 24.3 Å². The molecule has 1 aromatic carbocycles. The van der Waals surface area contributed by atoms with Gasteiger partial charge in [0.25, 0.3) is 0 Å². The third-order valence-electron chi connectivity index (χ3n) is 4.75. The molecule has 2 heterocycles. The first-order valence-corrected chi connectivity index (χ1v) is 8.03. The molecule has 21 heavy (non-hydrogen) atoms. The Labute approximate surface area is 127 Å². The number of para-hydroxylation sites is 1. The highest BCUT2D eigenvalue weighted by Gasteiger charge is 2.27. The number of nitrogens with zero attached hydrogens (tertiary/aromatic N) is 2. The van der Waals surface area contributed by atoms with Crippen LogP contribution in [0.5, 0.6) is 0 Å². The summed E-state index contributed by atoms with van der Waals surface area (Å²) < 4.78 is 0. The van der Waals surface area contributed by atoms with Crippen molar-refractivity contribution in [1.29, 1.82) is 0 Å². The number of anilines is 1. The Bertz CT molecular complexity index is 495. The van der Waals surface area contributed by atoms with Gasteiger partial charge in [-0.05, 0) is 63.5 Å². The van der Waals surface area contributed by atoms with Crippen LogP contribution >= 0.6 is 0 Å². The Balaban J connectivity index is 1.54. The molecule has 1 saturated heterocycles. The zero-order valence-corrected chi connectivity index (χ0v) is 12.8. The van der Waals surface area contributed by atoms with Crippen LogP contribution < -0.4 is 10.2 Å². The van der Waals surface area contributed by atoms with E-state index in [0.717, 1.165) is 44.2 Å². The van der Waals surface area contributed by atoms with Crippen LogP contribution in [0, 0.1) is 5.92 Å². The third-order valence-corrected chi connectivity index (χ3v) is 4.75. The van der Waals surface area contributed by atoms with Gasteiger partial charge in [0.2, 0.25) is 5.91 Å². The molecule has 2 aliphatic rings. The number of amides is 1. The second kappa shape index (κ2) is 6.58. The zero-order chi connectivity index (χ0) is 14.7. The number of hydrogen-bond acceptors (Lipinski definition) is 3. The van der Waals surface area contributed by atoms with Crippen LogP contribution in [0.2, 0.25) is 0 Å². The minimum atomic E-state index is 0.256. The summed E-state index contributed by atoms with van der Waals surface area (Å²) >= 11 is 0. The van der Waals surface area contributed by atoms with Crippen molar-refractivity contribution in [2.75, 3.05) is 44.7 Å². The number of nitrogens with one attached hydrogen (secondary N) is 1. The number of fused-ring (bicyclic) bond motifs is 1. The van der Waals surface area contributed by atoms with Gasteiger partial charge in [-0.2, -0.15) is 0 Å². The van der Waals surface area contributed by atoms with E-state index in [-0.39, 0.29) is 5.91 Å². The lowest BCUT2D eigenvalue weighted by Crippen LogP contribution is -2.44. The van der Waals surface area contributed by atoms with Crippen molar-refractivity contribution in [3.63, 3.8) is 0 Å². The molecule has 0 bridgehead atoms. The first-order valence-electron chi connectivity index (χ1n) is 8.03. The number of hydrogen-bond donors (Lipinski definition) is 1. The fourth-order valence-electron chi connectivity index (χ4n) is 3.51. The molecule has 0 unspecified atom stereocenters. The van der Waals surface area contributed by atoms with Crippen LogP contribution in [0.1, 0.15) is 18.4 Å². The summed E-state index contributed by atoms with van der Waals surface area (Å²) in [5.41, 5.74) is 2.42. The van der Waals surface area contributed by atoms with E-state index in [1.807, 2.05) is 18.0 Å². The van der Waals surface area contributed by atoms with E-state index in [9.17, 15) is 4.79 Å². The maximum atomic E-state index is 12.6. The number of rotatable bonds is 4. The van der Waals surface area contributed by atoms with Crippen molar-refractivity contribution < 1.29 is 4.79 Å². The Morgan fingerprint density at radius 1 is 1.24 bits per heavy atom. The topological polar surface area (TPSA) is 35.6 Å². The number of likely N-dealkylation sites (tertiary alicyclic amines) is 1. The van der Waals surface area contributed by atoms with Crippen LogP contribution in [-0.4, -0.2) is 50.6 Å². The molecule has 0 spiro atoms. The van der Waals surface area contributed by atoms with Gasteiger partial charge in [0.05, 0.1) is 6.54 Å². The summed E-state index contributed by atoms with van der Waals surface area (Å²) in [7, 11) is 2.01. The zero-order valence-electron chi connectivity index (χ0n) is 12.8. The first kappa shape index (κ1) is 14.5. The molecule has 0 aliphatic carbocycles. The van der Waals surface area contributed by atoms with Crippen LogP contribution in [0.25, 0.3) is 0 Å². The predicted molar refractivity (Wildman–Crippen MR) is 85.6 cm³/mol. The number of carbonyl (C=O) groups is 1. The predicted octanol–water partition coefficient (Wildman–Crippen LogP) is 1.51. The van der Waals surface area contributed by atoms with Gasteiger partial charge in [-0.1, -0.05) is 18.2 Å². The van der Waals surface area contributed by atoms with Crippen LogP contribution in [0.4, 0.5) is 5.69 Å². The minimum absolute atomic E-state index is 0.256. The highest BCUT2D eigenvalue weighted by molar-refractivity contribution is 5.96. The molecule has 0 radical (unpaired) electrons. The highest BCUT2D eigenvalue weighted by Crippen LogP contribution is 2.27. The monoisotopic (exact) mass is 287 g/mol. The summed E-state index contributed by atoms with van der Waals surface area (Å²) in [4.78, 5) is 16.8. The van der Waals surface area contributed by atoms with Gasteiger partial charge < -0.3 is 10.2 Å². The molecule has 1 amide bonds. The molecule has 0 saturated carbocycles. The molecule has 0 atom stereocenters. The fourth-order valence-corrected chi connectivity index (χ4v) is 3.51. The van der Waals surface area contributed by atoms with E-state index in [4.69, 9.17) is 0 Å². The van der Waals surface area contributed by atoms with Crippen molar-refractivity contribution in [1.82, 2.24) is 10.2 Å². The lowest BCUT2D eigenvalue weighted by Gasteiger charge is -2.32. The van der Waals surface area contributed by atoms with Gasteiger partial charge in [0.1, 0.15) is 0 Å². The lowest BCUT2D eigenvalue weighted by molar-refractivity contribution is -0.120. The number of piperidine rings is 1. The summed E-state index contributed by atoms with van der Waals surface area (Å²) in [5.74, 6) is 1.03. The SMILES string of the molecule is CNCC1CCN(CC(=O)N2CCc3ccccc32)CC1. The van der Waals surface area contributed by atoms with Crippen molar-refractivity contribution in [3.05, 3.63) is 29.8 Å². The summed E-state index contributed by atoms with van der Waals surface area (Å²) in [5, 5.41) is 3.26. The molecular weight excluding hydrogens is 262 g/mol. The quantitative estimate of drug-likeness (QED) is 0.912. The van der Waals surface area contributed by atoms with E-state index in [1.54, 1.807) is 0 Å². The van der Waals surface area contributed by atoms with Crippen molar-refractivity contribution in [2.24, 2.45) is 5.92 Å². The molecule has 1 N–H and O–H groups in total. The minimum Gasteiger partial charge on any atom is -0.319 e. The second-order valence-corrected chi connectivity index (χ2v) is 6.20. The molecule has 1 fully saturated rings. The summed E-state index contributed by atoms with van der Waals surface area (Å²) in [6.45, 7) is 4.61. The maximum Gasteiger partial charge on any atom is 0.241 e. The molecule has 3 rings (SSSR count). The van der Waals surface area contributed by atoms with Crippen LogP contribution in [-0.2, 0) is 11.2 Å². The summed E-state index contributed by atoms with van der Waals surface area (Å²) in [6.07, 6.45) is 3.39. The average Bonchev–Trinajstić information content (AvgIpc) is 2.93. The molecule has 4 nitrogen and oxygen atoms in total. The van der Waals surface area contributed by atoms with Crippen molar-refractivity contribution >= 4 is 11.6 Å². The Morgan fingerprint density at radius 3 is 2.76 bits per heavy atom. The molecule has 0 aromatic heterocycles. The van der Waals surface area contributed by atoms with Gasteiger partial charge >= 0.3 is 0 Å². The maximum absolute atomic E-state index is 12.6. The van der Waals surface area contributed by atoms with E-state index in [0.29, 0.717) is 6.54 Å². The van der Waals surface area contributed by atoms with E-state index >= 15 is 0 Å². The van der Waals surface area contributed by atoms with Crippen molar-refractivity contribution in [2.45, 2.75) is 19.3 Å². The number of benzene rings is 1. The van der Waals surface area contributed by atoms with Crippen molar-refractivity contribution in [3.8, 4) is 0 Å². The van der Waals surface area contributed by atoms with E-state index in [2.05, 4.69) is 28.4 Å². The highest BCUT2D eigenvalue weighted by atomic mass is 16.2. The van der Waals surface area contributed by atoms with Gasteiger partial charge in [-0.3, -0.25) is 9.69 Å². The van der Waals surface area contributed by atoms with Gasteiger partial charge in [-0.25, -0.2) is 0 Å². The average molecular weight is 287 g/mol. The normalized spacial score (nSPS) is 19.8. The Morgan fingerprint density at radius 2 is 2.00 bits per heavy atom. The molecule has 114 valence electrons. The Hall–Kier alpha value is -1.39. The van der Waals surface area contributed by atoms with Gasteiger partial charge in [0.15, 0.2) is 0 Å². The van der Waals surface area contributed by atoms with E-state index in [1.165, 1.54) is 18.4 Å². The largest absolute Gasteiger partial charge is 0.319 e. The fraction of sp³-hybridized carbons (Fsp3) is 0.588. The molecular formula is C17H25N3O. The summed E-state index contributed by atoms with van der Waals surface area (Å²) in [6, 6.07) is 8.28. The van der Waals surface area contributed by atoms with Gasteiger partial charge in [-0.15, -0.1) is 0 Å². The Kier molecular flexibility index (Phi) is 4.56. The second-order valence-electron chi connectivity index (χ2n) is 6.20.